The van der Waals surface area contributed by atoms with E-state index >= 15 is 0 Å². The van der Waals surface area contributed by atoms with Gasteiger partial charge in [0.1, 0.15) is 12.4 Å². The van der Waals surface area contributed by atoms with Crippen LogP contribution in [0.2, 0.25) is 5.02 Å². The van der Waals surface area contributed by atoms with Gasteiger partial charge in [0.15, 0.2) is 11.0 Å². The van der Waals surface area contributed by atoms with E-state index in [0.29, 0.717) is 34.9 Å². The summed E-state index contributed by atoms with van der Waals surface area (Å²) in [6, 6.07) is 16.9. The number of nitrogens with zero attached hydrogens (tertiary/aromatic N) is 5. The summed E-state index contributed by atoms with van der Waals surface area (Å²) in [6.07, 6.45) is 0. The number of hydrogen-bond donors (Lipinski definition) is 0. The normalized spacial score (nSPS) is 10.9. The lowest BCUT2D eigenvalue weighted by atomic mass is 10.2. The Balaban J connectivity index is 1.36. The van der Waals surface area contributed by atoms with Crippen molar-refractivity contribution in [3.05, 3.63) is 71.3 Å². The lowest BCUT2D eigenvalue weighted by Gasteiger charge is -2.06. The molecular weight excluding hydrogens is 398 g/mol. The molecule has 0 saturated carbocycles. The summed E-state index contributed by atoms with van der Waals surface area (Å²) in [5, 5.41) is 13.8. The molecule has 0 N–H and O–H groups in total. The Labute approximate surface area is 170 Å². The van der Waals surface area contributed by atoms with Crippen LogP contribution >= 0.6 is 23.4 Å². The van der Waals surface area contributed by atoms with E-state index in [1.807, 2.05) is 54.1 Å². The van der Waals surface area contributed by atoms with Crippen LogP contribution in [0.1, 0.15) is 11.7 Å². The van der Waals surface area contributed by atoms with Gasteiger partial charge in [-0.05, 0) is 24.3 Å². The number of hydrogen-bond acceptors (Lipinski definition) is 7. The van der Waals surface area contributed by atoms with Gasteiger partial charge in [-0.1, -0.05) is 58.9 Å². The van der Waals surface area contributed by atoms with E-state index < -0.39 is 0 Å². The molecule has 0 aliphatic carbocycles. The second-order valence-electron chi connectivity index (χ2n) is 5.87. The molecule has 2 heterocycles. The van der Waals surface area contributed by atoms with Crippen molar-refractivity contribution in [1.82, 2.24) is 24.9 Å². The van der Waals surface area contributed by atoms with Gasteiger partial charge in [0, 0.05) is 17.6 Å². The number of aromatic nitrogens is 5. The van der Waals surface area contributed by atoms with Gasteiger partial charge in [-0.15, -0.1) is 10.2 Å². The second-order valence-corrected chi connectivity index (χ2v) is 7.25. The van der Waals surface area contributed by atoms with Crippen LogP contribution in [0.15, 0.2) is 64.3 Å². The van der Waals surface area contributed by atoms with Crippen LogP contribution in [0.4, 0.5) is 0 Å². The van der Waals surface area contributed by atoms with E-state index in [2.05, 4.69) is 20.3 Å². The molecule has 0 aliphatic rings. The van der Waals surface area contributed by atoms with Gasteiger partial charge < -0.3 is 13.8 Å². The van der Waals surface area contributed by atoms with Crippen molar-refractivity contribution >= 4 is 23.4 Å². The fourth-order valence-electron chi connectivity index (χ4n) is 2.42. The van der Waals surface area contributed by atoms with Crippen LogP contribution < -0.4 is 4.74 Å². The quantitative estimate of drug-likeness (QED) is 0.415. The molecule has 4 rings (SSSR count). The van der Waals surface area contributed by atoms with Gasteiger partial charge in [-0.2, -0.15) is 4.98 Å². The molecule has 0 fully saturated rings. The van der Waals surface area contributed by atoms with Gasteiger partial charge >= 0.3 is 0 Å². The first-order valence-corrected chi connectivity index (χ1v) is 9.83. The molecule has 0 atom stereocenters. The van der Waals surface area contributed by atoms with Crippen LogP contribution in [0.5, 0.6) is 5.75 Å². The first kappa shape index (κ1) is 18.5. The highest BCUT2D eigenvalue weighted by molar-refractivity contribution is 7.98. The Hall–Kier alpha value is -2.84. The van der Waals surface area contributed by atoms with Crippen molar-refractivity contribution in [3.63, 3.8) is 0 Å². The molecule has 7 nitrogen and oxygen atoms in total. The smallest absolute Gasteiger partial charge is 0.237 e. The molecule has 9 heteroatoms. The van der Waals surface area contributed by atoms with E-state index in [1.165, 1.54) is 11.8 Å². The number of ether oxygens (including phenoxy) is 1. The minimum absolute atomic E-state index is 0.310. The van der Waals surface area contributed by atoms with Gasteiger partial charge in [0.05, 0.1) is 5.75 Å². The summed E-state index contributed by atoms with van der Waals surface area (Å²) in [5.74, 6) is 3.05. The SMILES string of the molecule is Cn1c(COc2ccc(Cl)cc2)nnc1SCc1nc(-c2ccccc2)no1. The Morgan fingerprint density at radius 3 is 2.64 bits per heavy atom. The Bertz CT molecular complexity index is 1050. The summed E-state index contributed by atoms with van der Waals surface area (Å²) in [5.41, 5.74) is 0.919. The zero-order chi connectivity index (χ0) is 19.3. The summed E-state index contributed by atoms with van der Waals surface area (Å²) in [6.45, 7) is 0.310. The lowest BCUT2D eigenvalue weighted by molar-refractivity contribution is 0.290. The van der Waals surface area contributed by atoms with Gasteiger partial charge in [-0.3, -0.25) is 0 Å². The highest BCUT2D eigenvalue weighted by atomic mass is 35.5. The Kier molecular flexibility index (Phi) is 5.59. The molecule has 0 spiro atoms. The van der Waals surface area contributed by atoms with Crippen LogP contribution in [-0.2, 0) is 19.4 Å². The molecule has 0 amide bonds. The molecule has 0 aliphatic heterocycles. The minimum Gasteiger partial charge on any atom is -0.486 e. The highest BCUT2D eigenvalue weighted by Gasteiger charge is 2.13. The predicted molar refractivity (Wildman–Crippen MR) is 106 cm³/mol. The summed E-state index contributed by atoms with van der Waals surface area (Å²) in [4.78, 5) is 4.42. The molecular formula is C19H16ClN5O2S. The van der Waals surface area contributed by atoms with Crippen molar-refractivity contribution in [1.29, 1.82) is 0 Å². The topological polar surface area (TPSA) is 78.9 Å². The maximum Gasteiger partial charge on any atom is 0.237 e. The summed E-state index contributed by atoms with van der Waals surface area (Å²) >= 11 is 7.35. The van der Waals surface area contributed by atoms with Crippen molar-refractivity contribution in [3.8, 4) is 17.1 Å². The van der Waals surface area contributed by atoms with Crippen molar-refractivity contribution in [2.45, 2.75) is 17.5 Å². The summed E-state index contributed by atoms with van der Waals surface area (Å²) < 4.78 is 12.9. The molecule has 2 aromatic heterocycles. The van der Waals surface area contributed by atoms with Crippen LogP contribution in [-0.4, -0.2) is 24.9 Å². The monoisotopic (exact) mass is 413 g/mol. The minimum atomic E-state index is 0.310. The molecule has 0 unspecified atom stereocenters. The highest BCUT2D eigenvalue weighted by Crippen LogP contribution is 2.23. The average Bonchev–Trinajstić information content (AvgIpc) is 3.34. The third-order valence-electron chi connectivity index (χ3n) is 3.93. The van der Waals surface area contributed by atoms with Crippen molar-refractivity contribution in [2.24, 2.45) is 7.05 Å². The lowest BCUT2D eigenvalue weighted by Crippen LogP contribution is -2.04. The largest absolute Gasteiger partial charge is 0.486 e. The maximum atomic E-state index is 5.88. The molecule has 0 saturated heterocycles. The van der Waals surface area contributed by atoms with E-state index in [-0.39, 0.29) is 0 Å². The van der Waals surface area contributed by atoms with Crippen LogP contribution in [0, 0.1) is 0 Å². The fourth-order valence-corrected chi connectivity index (χ4v) is 3.31. The number of halogens is 1. The second kappa shape index (κ2) is 8.45. The third kappa shape index (κ3) is 4.35. The van der Waals surface area contributed by atoms with Gasteiger partial charge in [-0.25, -0.2) is 0 Å². The van der Waals surface area contributed by atoms with Crippen molar-refractivity contribution < 1.29 is 9.26 Å². The van der Waals surface area contributed by atoms with E-state index in [4.69, 9.17) is 20.9 Å². The Morgan fingerprint density at radius 1 is 1.07 bits per heavy atom. The van der Waals surface area contributed by atoms with E-state index in [0.717, 1.165) is 16.5 Å². The third-order valence-corrected chi connectivity index (χ3v) is 5.19. The van der Waals surface area contributed by atoms with Crippen molar-refractivity contribution in [2.75, 3.05) is 0 Å². The van der Waals surface area contributed by atoms with E-state index in [9.17, 15) is 0 Å². The zero-order valence-corrected chi connectivity index (χ0v) is 16.5. The number of thioether (sulfide) groups is 1. The van der Waals surface area contributed by atoms with Crippen LogP contribution in [0.25, 0.3) is 11.4 Å². The fraction of sp³-hybridized carbons (Fsp3) is 0.158. The van der Waals surface area contributed by atoms with E-state index in [1.54, 1.807) is 12.1 Å². The first-order chi connectivity index (χ1) is 13.7. The molecule has 4 aromatic rings. The standard InChI is InChI=1S/C19H16ClN5O2S/c1-25-16(11-26-15-9-7-14(20)8-10-15)22-23-19(25)28-12-17-21-18(24-27-17)13-5-3-2-4-6-13/h2-10H,11-12H2,1H3. The molecule has 0 radical (unpaired) electrons. The average molecular weight is 414 g/mol. The number of benzene rings is 2. The molecule has 2 aromatic carbocycles. The maximum absolute atomic E-state index is 5.88. The Morgan fingerprint density at radius 2 is 1.86 bits per heavy atom. The van der Waals surface area contributed by atoms with Gasteiger partial charge in [0.25, 0.3) is 0 Å². The first-order valence-electron chi connectivity index (χ1n) is 8.46. The van der Waals surface area contributed by atoms with Gasteiger partial charge in [0.2, 0.25) is 11.7 Å². The zero-order valence-electron chi connectivity index (χ0n) is 14.9. The predicted octanol–water partition coefficient (Wildman–Crippen LogP) is 4.39. The van der Waals surface area contributed by atoms with Crippen LogP contribution in [0.3, 0.4) is 0 Å². The number of rotatable bonds is 7. The summed E-state index contributed by atoms with van der Waals surface area (Å²) in [7, 11) is 1.89. The molecule has 0 bridgehead atoms. The molecule has 28 heavy (non-hydrogen) atoms. The molecule has 142 valence electrons.